The van der Waals surface area contributed by atoms with E-state index < -0.39 is 24.3 Å². The molecule has 2 fully saturated rings. The second-order valence-corrected chi connectivity index (χ2v) is 18.5. The normalized spacial score (nSPS) is 19.1. The molecule has 5 atom stereocenters. The smallest absolute Gasteiger partial charge is 0.407 e. The molecule has 3 aliphatic heterocycles. The summed E-state index contributed by atoms with van der Waals surface area (Å²) >= 11 is 0. The van der Waals surface area contributed by atoms with E-state index in [0.29, 0.717) is 38.5 Å². The number of hydrogen-bond donors (Lipinski definition) is 4. The molecule has 0 aliphatic carbocycles. The second-order valence-electron chi connectivity index (χ2n) is 18.5. The van der Waals surface area contributed by atoms with Crippen LogP contribution in [0.4, 0.5) is 9.59 Å². The minimum Gasteiger partial charge on any atom is -0.488 e. The lowest BCUT2D eigenvalue weighted by Gasteiger charge is -2.37. The molecular weight excluding hydrogens is 841 g/mol. The van der Waals surface area contributed by atoms with Crippen LogP contribution in [0.1, 0.15) is 82.7 Å². The first-order chi connectivity index (χ1) is 31.8. The van der Waals surface area contributed by atoms with Gasteiger partial charge in [-0.15, -0.1) is 0 Å². The summed E-state index contributed by atoms with van der Waals surface area (Å²) in [5.74, 6) is 1.68. The first kappa shape index (κ1) is 44.5. The molecule has 1 unspecified atom stereocenters. The summed E-state index contributed by atoms with van der Waals surface area (Å²) in [4.78, 5) is 73.1. The average molecular weight is 899 g/mol. The minimum absolute atomic E-state index is 0.0983. The Morgan fingerprint density at radius 3 is 2.14 bits per heavy atom. The Kier molecular flexibility index (Phi) is 12.3. The Balaban J connectivity index is 0.976. The monoisotopic (exact) mass is 898 g/mol. The molecule has 3 aliphatic rings. The number of carbonyl (C=O) groups is 4. The van der Waals surface area contributed by atoms with Crippen molar-refractivity contribution in [3.8, 4) is 28.0 Å². The molecule has 5 heterocycles. The molecule has 4 N–H and O–H groups in total. The van der Waals surface area contributed by atoms with Crippen molar-refractivity contribution in [1.82, 2.24) is 40.4 Å². The maximum Gasteiger partial charge on any atom is 0.407 e. The van der Waals surface area contributed by atoms with Crippen LogP contribution in [-0.2, 0) is 30.4 Å². The van der Waals surface area contributed by atoms with Crippen LogP contribution < -0.4 is 15.4 Å². The average Bonchev–Trinajstić information content (AvgIpc) is 4.08. The molecule has 6 aromatic rings. The lowest BCUT2D eigenvalue weighted by Crippen LogP contribution is -2.53. The standard InChI is InChI=1S/C50H58N8O8/c1-26(2)42(55-49(61)64-6)47(59)57-17-9-8-10-39(57)45-51-36-15-12-30(21-38(36)53-45)29-11-14-33-32(19-29)25-66-41-22-34-31(20-35(33)41)13-16-37-44(34)54-46(52-37)40-18-28(24-63-5)23-58(40)48(60)43(27(3)4)56-50(62)65-7/h11-16,19-22,26-28,39-40,42-43H,8-10,17-18,23-25H2,1-7H3,(H,51,53)(H,52,54)(H,55,61)(H,56,62)/t28-,39-,40-,42?,43-/m0/s1. The highest BCUT2D eigenvalue weighted by molar-refractivity contribution is 6.07. The van der Waals surface area contributed by atoms with E-state index in [9.17, 15) is 19.2 Å². The van der Waals surface area contributed by atoms with Crippen molar-refractivity contribution in [2.45, 2.75) is 84.2 Å². The number of alkyl carbamates (subject to hydrolysis) is 2. The van der Waals surface area contributed by atoms with Gasteiger partial charge in [0.25, 0.3) is 0 Å². The highest BCUT2D eigenvalue weighted by atomic mass is 16.5. The van der Waals surface area contributed by atoms with E-state index in [4.69, 9.17) is 28.9 Å². The lowest BCUT2D eigenvalue weighted by molar-refractivity contribution is -0.138. The summed E-state index contributed by atoms with van der Waals surface area (Å²) in [5, 5.41) is 7.46. The van der Waals surface area contributed by atoms with Crippen LogP contribution in [0.3, 0.4) is 0 Å². The molecule has 0 saturated carbocycles. The fourth-order valence-corrected chi connectivity index (χ4v) is 10.0. The number of nitrogens with zero attached hydrogens (tertiary/aromatic N) is 4. The summed E-state index contributed by atoms with van der Waals surface area (Å²) in [5.41, 5.74) is 8.59. The van der Waals surface area contributed by atoms with Crippen molar-refractivity contribution in [2.24, 2.45) is 17.8 Å². The van der Waals surface area contributed by atoms with Gasteiger partial charge >= 0.3 is 12.2 Å². The van der Waals surface area contributed by atoms with Crippen LogP contribution in [0, 0.1) is 17.8 Å². The number of likely N-dealkylation sites (tertiary alicyclic amines) is 2. The Labute approximate surface area is 383 Å². The Morgan fingerprint density at radius 1 is 0.758 bits per heavy atom. The summed E-state index contributed by atoms with van der Waals surface area (Å²) < 4.78 is 21.7. The number of hydrogen-bond acceptors (Lipinski definition) is 10. The number of aromatic amines is 2. The van der Waals surface area contributed by atoms with E-state index in [1.807, 2.05) is 49.6 Å². The van der Waals surface area contributed by atoms with Crippen LogP contribution in [-0.4, -0.2) is 107 Å². The summed E-state index contributed by atoms with van der Waals surface area (Å²) in [6, 6.07) is 18.9. The Bertz CT molecular complexity index is 2830. The molecule has 9 rings (SSSR count). The van der Waals surface area contributed by atoms with Crippen molar-refractivity contribution in [1.29, 1.82) is 0 Å². The van der Waals surface area contributed by atoms with E-state index in [-0.39, 0.29) is 41.7 Å². The van der Waals surface area contributed by atoms with Gasteiger partial charge in [-0.2, -0.15) is 0 Å². The van der Waals surface area contributed by atoms with E-state index in [1.165, 1.54) is 14.2 Å². The van der Waals surface area contributed by atoms with Crippen LogP contribution in [0.15, 0.2) is 60.7 Å². The second kappa shape index (κ2) is 18.3. The predicted octanol–water partition coefficient (Wildman–Crippen LogP) is 8.17. The van der Waals surface area contributed by atoms with E-state index in [2.05, 4.69) is 69.1 Å². The number of ether oxygens (including phenoxy) is 4. The largest absolute Gasteiger partial charge is 0.488 e. The molecule has 0 radical (unpaired) electrons. The highest BCUT2D eigenvalue weighted by Gasteiger charge is 2.42. The van der Waals surface area contributed by atoms with Crippen molar-refractivity contribution in [3.63, 3.8) is 0 Å². The fourth-order valence-electron chi connectivity index (χ4n) is 10.0. The van der Waals surface area contributed by atoms with Crippen LogP contribution in [0.5, 0.6) is 5.75 Å². The topological polar surface area (TPSA) is 193 Å². The first-order valence-electron chi connectivity index (χ1n) is 22.9. The maximum absolute atomic E-state index is 14.1. The number of aromatic nitrogens is 4. The van der Waals surface area contributed by atoms with Gasteiger partial charge in [0.1, 0.15) is 36.1 Å². The van der Waals surface area contributed by atoms with Gasteiger partial charge in [-0.3, -0.25) is 9.59 Å². The van der Waals surface area contributed by atoms with E-state index in [1.54, 1.807) is 7.11 Å². The third-order valence-corrected chi connectivity index (χ3v) is 13.5. The number of methoxy groups -OCH3 is 3. The number of benzene rings is 4. The molecule has 0 spiro atoms. The van der Waals surface area contributed by atoms with Crippen LogP contribution in [0.2, 0.25) is 0 Å². The molecule has 4 aromatic carbocycles. The molecule has 4 amide bonds. The number of fused-ring (bicyclic) bond motifs is 7. The van der Waals surface area contributed by atoms with E-state index >= 15 is 0 Å². The van der Waals surface area contributed by atoms with Gasteiger partial charge in [-0.05, 0) is 102 Å². The van der Waals surface area contributed by atoms with Crippen LogP contribution in [0.25, 0.3) is 55.1 Å². The number of H-pyrrole nitrogens is 2. The first-order valence-corrected chi connectivity index (χ1v) is 22.9. The zero-order valence-corrected chi connectivity index (χ0v) is 38.5. The maximum atomic E-state index is 14.1. The SMILES string of the molecule is COC[C@H]1C[C@@H](c2nc3ccc4cc5c(cc4c3[nH]2)OCc2cc(-c3ccc4nc([C@@H]6CCCCN6C(=O)C(NC(=O)OC)C(C)C)[nH]c4c3)ccc2-5)N(C(=O)[C@@H](NC(=O)OC)C(C)C)C1. The van der Waals surface area contributed by atoms with E-state index in [0.717, 1.165) is 91.5 Å². The molecule has 0 bridgehead atoms. The summed E-state index contributed by atoms with van der Waals surface area (Å²) in [6.07, 6.45) is 2.01. The van der Waals surface area contributed by atoms with Gasteiger partial charge in [0.15, 0.2) is 0 Å². The zero-order valence-electron chi connectivity index (χ0n) is 38.5. The molecule has 16 heteroatoms. The van der Waals surface area contributed by atoms with Crippen molar-refractivity contribution in [3.05, 3.63) is 77.9 Å². The van der Waals surface area contributed by atoms with Crippen molar-refractivity contribution in [2.75, 3.05) is 41.0 Å². The van der Waals surface area contributed by atoms with Crippen LogP contribution >= 0.6 is 0 Å². The highest BCUT2D eigenvalue weighted by Crippen LogP contribution is 2.44. The number of imidazole rings is 2. The quantitative estimate of drug-likeness (QED) is 0.0986. The van der Waals surface area contributed by atoms with Gasteiger partial charge in [-0.1, -0.05) is 52.0 Å². The number of piperidine rings is 1. The van der Waals surface area contributed by atoms with Gasteiger partial charge in [0, 0.05) is 37.1 Å². The zero-order chi connectivity index (χ0) is 46.4. The number of carbonyl (C=O) groups excluding carboxylic acids is 4. The van der Waals surface area contributed by atoms with Gasteiger partial charge in [0.05, 0.1) is 55.0 Å². The number of rotatable bonds is 11. The van der Waals surface area contributed by atoms with Crippen molar-refractivity contribution >= 4 is 56.8 Å². The molecule has 2 saturated heterocycles. The number of nitrogens with one attached hydrogen (secondary N) is 4. The van der Waals surface area contributed by atoms with Gasteiger partial charge in [-0.25, -0.2) is 19.6 Å². The number of amides is 4. The Hall–Kier alpha value is -6.68. The lowest BCUT2D eigenvalue weighted by atomic mass is 9.91. The minimum atomic E-state index is -0.761. The summed E-state index contributed by atoms with van der Waals surface area (Å²) in [7, 11) is 4.25. The molecule has 346 valence electrons. The third-order valence-electron chi connectivity index (χ3n) is 13.5. The fraction of sp³-hybridized carbons (Fsp3) is 0.440. The van der Waals surface area contributed by atoms with Gasteiger partial charge < -0.3 is 49.3 Å². The molecule has 66 heavy (non-hydrogen) atoms. The van der Waals surface area contributed by atoms with Gasteiger partial charge in [0.2, 0.25) is 11.8 Å². The molecular formula is C50H58N8O8. The Morgan fingerprint density at radius 2 is 1.42 bits per heavy atom. The predicted molar refractivity (Wildman–Crippen MR) is 250 cm³/mol. The molecule has 2 aromatic heterocycles. The third kappa shape index (κ3) is 8.38. The summed E-state index contributed by atoms with van der Waals surface area (Å²) in [6.45, 7) is 9.58. The van der Waals surface area contributed by atoms with Crippen molar-refractivity contribution < 1.29 is 38.1 Å². The molecule has 16 nitrogen and oxygen atoms in total.